The molecule has 0 unspecified atom stereocenters. The maximum atomic E-state index is 6.39. The van der Waals surface area contributed by atoms with Crippen molar-refractivity contribution in [3.05, 3.63) is 76.2 Å². The number of hydrogen-bond donors (Lipinski definition) is 0. The van der Waals surface area contributed by atoms with Gasteiger partial charge >= 0.3 is 0 Å². The number of rotatable bonds is 3. The number of para-hydroxylation sites is 1. The van der Waals surface area contributed by atoms with Crippen LogP contribution in [0.2, 0.25) is 0 Å². The monoisotopic (exact) mass is 363 g/mol. The van der Waals surface area contributed by atoms with Crippen molar-refractivity contribution in [2.75, 3.05) is 7.11 Å². The van der Waals surface area contributed by atoms with Gasteiger partial charge in [-0.1, -0.05) is 18.2 Å². The first-order valence-corrected chi connectivity index (χ1v) is 9.36. The normalized spacial score (nSPS) is 20.8. The second-order valence-electron chi connectivity index (χ2n) is 6.25. The van der Waals surface area contributed by atoms with Crippen LogP contribution in [0.15, 0.2) is 65.3 Å². The van der Waals surface area contributed by atoms with Gasteiger partial charge in [-0.3, -0.25) is 4.98 Å². The van der Waals surface area contributed by atoms with Gasteiger partial charge in [0.25, 0.3) is 0 Å². The van der Waals surface area contributed by atoms with Crippen LogP contribution in [0.25, 0.3) is 0 Å². The van der Waals surface area contributed by atoms with Crippen LogP contribution < -0.4 is 9.47 Å². The van der Waals surface area contributed by atoms with Crippen LogP contribution in [0.1, 0.15) is 34.7 Å². The smallest absolute Gasteiger partial charge is 0.214 e. The molecule has 0 aliphatic carbocycles. The van der Waals surface area contributed by atoms with Crippen molar-refractivity contribution >= 4 is 17.0 Å². The Morgan fingerprint density at radius 2 is 2.04 bits per heavy atom. The molecular weight excluding hydrogens is 346 g/mol. The molecule has 3 aromatic rings. The van der Waals surface area contributed by atoms with Gasteiger partial charge in [-0.15, -0.1) is 11.3 Å². The zero-order valence-corrected chi connectivity index (χ0v) is 15.0. The molecule has 0 saturated carbocycles. The average molecular weight is 363 g/mol. The molecule has 0 radical (unpaired) electrons. The predicted molar refractivity (Wildman–Crippen MR) is 101 cm³/mol. The van der Waals surface area contributed by atoms with Crippen molar-refractivity contribution in [3.8, 4) is 11.5 Å². The van der Waals surface area contributed by atoms with E-state index in [0.717, 1.165) is 34.8 Å². The Morgan fingerprint density at radius 3 is 2.81 bits per heavy atom. The van der Waals surface area contributed by atoms with Gasteiger partial charge in [0.15, 0.2) is 11.5 Å². The molecule has 0 bridgehead atoms. The molecule has 0 spiro atoms. The minimum Gasteiger partial charge on any atom is -0.493 e. The third kappa shape index (κ3) is 2.37. The third-order valence-corrected chi connectivity index (χ3v) is 5.72. The number of ether oxygens (including phenoxy) is 2. The summed E-state index contributed by atoms with van der Waals surface area (Å²) in [5.41, 5.74) is 3.24. The van der Waals surface area contributed by atoms with Crippen molar-refractivity contribution in [2.45, 2.75) is 18.7 Å². The Bertz CT molecular complexity index is 956. The van der Waals surface area contributed by atoms with E-state index in [1.165, 1.54) is 4.88 Å². The molecule has 6 heteroatoms. The van der Waals surface area contributed by atoms with Gasteiger partial charge in [-0.05, 0) is 29.6 Å². The number of hydrogen-bond acceptors (Lipinski definition) is 6. The van der Waals surface area contributed by atoms with E-state index >= 15 is 0 Å². The number of pyridine rings is 1. The summed E-state index contributed by atoms with van der Waals surface area (Å²) in [4.78, 5) is 5.33. The van der Waals surface area contributed by atoms with E-state index in [0.29, 0.717) is 0 Å². The fourth-order valence-corrected chi connectivity index (χ4v) is 4.31. The Morgan fingerprint density at radius 1 is 1.15 bits per heavy atom. The first kappa shape index (κ1) is 15.4. The number of methoxy groups -OCH3 is 1. The molecule has 0 fully saturated rings. The Hall–Kier alpha value is -2.86. The van der Waals surface area contributed by atoms with Gasteiger partial charge in [-0.2, -0.15) is 5.10 Å². The van der Waals surface area contributed by atoms with Crippen LogP contribution in [0, 0.1) is 0 Å². The maximum Gasteiger partial charge on any atom is 0.214 e. The molecule has 0 N–H and O–H groups in total. The number of aromatic nitrogens is 1. The molecule has 1 aromatic carbocycles. The summed E-state index contributed by atoms with van der Waals surface area (Å²) in [7, 11) is 1.68. The van der Waals surface area contributed by atoms with Crippen LogP contribution in [-0.4, -0.2) is 22.8 Å². The lowest BCUT2D eigenvalue weighted by Gasteiger charge is -2.38. The molecular formula is C20H17N3O2S. The SMILES string of the molecule is COc1cccc2c1O[C@H](c1ccncc1)N1N=C(c3cccs3)C[C@@H]21. The van der Waals surface area contributed by atoms with Crippen molar-refractivity contribution in [1.82, 2.24) is 9.99 Å². The van der Waals surface area contributed by atoms with E-state index in [2.05, 4.69) is 33.6 Å². The molecule has 2 aromatic heterocycles. The maximum absolute atomic E-state index is 6.39. The topological polar surface area (TPSA) is 47.0 Å². The largest absolute Gasteiger partial charge is 0.493 e. The minimum atomic E-state index is -0.302. The van der Waals surface area contributed by atoms with Gasteiger partial charge in [0.2, 0.25) is 6.23 Å². The molecule has 0 saturated heterocycles. The van der Waals surface area contributed by atoms with Gasteiger partial charge in [0, 0.05) is 29.9 Å². The van der Waals surface area contributed by atoms with E-state index < -0.39 is 0 Å². The quantitative estimate of drug-likeness (QED) is 0.692. The molecule has 2 atom stereocenters. The van der Waals surface area contributed by atoms with E-state index in [1.807, 2.05) is 24.3 Å². The fourth-order valence-electron chi connectivity index (χ4n) is 3.58. The molecule has 5 rings (SSSR count). The second-order valence-corrected chi connectivity index (χ2v) is 7.20. The molecule has 0 amide bonds. The van der Waals surface area contributed by atoms with Crippen LogP contribution in [0.3, 0.4) is 0 Å². The Kier molecular flexibility index (Phi) is 3.64. The minimum absolute atomic E-state index is 0.129. The van der Waals surface area contributed by atoms with Gasteiger partial charge in [0.05, 0.1) is 23.7 Å². The lowest BCUT2D eigenvalue weighted by Crippen LogP contribution is -2.33. The van der Waals surface area contributed by atoms with E-state index in [1.54, 1.807) is 30.8 Å². The van der Waals surface area contributed by atoms with E-state index in [9.17, 15) is 0 Å². The van der Waals surface area contributed by atoms with Crippen molar-refractivity contribution in [1.29, 1.82) is 0 Å². The molecule has 130 valence electrons. The molecule has 2 aliphatic rings. The summed E-state index contributed by atoms with van der Waals surface area (Å²) in [6.45, 7) is 0. The number of nitrogens with zero attached hydrogens (tertiary/aromatic N) is 3. The van der Waals surface area contributed by atoms with Crippen molar-refractivity contribution in [3.63, 3.8) is 0 Å². The zero-order chi connectivity index (χ0) is 17.5. The number of thiophene rings is 1. The predicted octanol–water partition coefficient (Wildman–Crippen LogP) is 4.39. The third-order valence-electron chi connectivity index (χ3n) is 4.80. The van der Waals surface area contributed by atoms with E-state index in [4.69, 9.17) is 14.6 Å². The van der Waals surface area contributed by atoms with Gasteiger partial charge < -0.3 is 9.47 Å². The van der Waals surface area contributed by atoms with Crippen molar-refractivity contribution in [2.24, 2.45) is 5.10 Å². The van der Waals surface area contributed by atoms with Crippen LogP contribution in [0.5, 0.6) is 11.5 Å². The highest BCUT2D eigenvalue weighted by Crippen LogP contribution is 2.50. The summed E-state index contributed by atoms with van der Waals surface area (Å²) < 4.78 is 11.9. The highest BCUT2D eigenvalue weighted by molar-refractivity contribution is 7.12. The Labute approximate surface area is 155 Å². The molecule has 5 nitrogen and oxygen atoms in total. The standard InChI is InChI=1S/C20H17N3O2S/c1-24-17-5-2-4-14-16-12-15(18-6-3-11-26-18)22-23(16)20(25-19(14)17)13-7-9-21-10-8-13/h2-11,16,20H,12H2,1H3/t16-,20+/m0/s1. The number of hydrazone groups is 1. The lowest BCUT2D eigenvalue weighted by molar-refractivity contribution is -0.0209. The summed E-state index contributed by atoms with van der Waals surface area (Å²) >= 11 is 1.72. The molecule has 2 aliphatic heterocycles. The summed E-state index contributed by atoms with van der Waals surface area (Å²) in [5.74, 6) is 1.56. The highest BCUT2D eigenvalue weighted by atomic mass is 32.1. The van der Waals surface area contributed by atoms with Crippen LogP contribution in [-0.2, 0) is 0 Å². The summed E-state index contributed by atoms with van der Waals surface area (Å²) in [6.07, 6.45) is 4.12. The van der Waals surface area contributed by atoms with Crippen LogP contribution in [0.4, 0.5) is 0 Å². The number of fused-ring (bicyclic) bond motifs is 3. The second kappa shape index (κ2) is 6.14. The highest BCUT2D eigenvalue weighted by Gasteiger charge is 2.42. The first-order valence-electron chi connectivity index (χ1n) is 8.48. The van der Waals surface area contributed by atoms with E-state index in [-0.39, 0.29) is 12.3 Å². The Balaban J connectivity index is 1.64. The van der Waals surface area contributed by atoms with Crippen molar-refractivity contribution < 1.29 is 9.47 Å². The van der Waals surface area contributed by atoms with Crippen LogP contribution >= 0.6 is 11.3 Å². The summed E-state index contributed by atoms with van der Waals surface area (Å²) in [6, 6.07) is 14.3. The average Bonchev–Trinajstić information content (AvgIpc) is 3.37. The number of benzene rings is 1. The fraction of sp³-hybridized carbons (Fsp3) is 0.200. The molecule has 4 heterocycles. The molecule has 26 heavy (non-hydrogen) atoms. The zero-order valence-electron chi connectivity index (χ0n) is 14.2. The van der Waals surface area contributed by atoms with Gasteiger partial charge in [-0.25, -0.2) is 5.01 Å². The summed E-state index contributed by atoms with van der Waals surface area (Å²) in [5, 5.41) is 9.10. The lowest BCUT2D eigenvalue weighted by atomic mass is 9.97. The first-order chi connectivity index (χ1) is 12.8. The van der Waals surface area contributed by atoms with Gasteiger partial charge in [0.1, 0.15) is 0 Å².